The highest BCUT2D eigenvalue weighted by atomic mass is 16.3. The van der Waals surface area contributed by atoms with E-state index in [4.69, 9.17) is 4.98 Å². The normalized spacial score (nSPS) is 19.7. The summed E-state index contributed by atoms with van der Waals surface area (Å²) in [6.45, 7) is 8.07. The lowest BCUT2D eigenvalue weighted by molar-refractivity contribution is 0.405. The van der Waals surface area contributed by atoms with Gasteiger partial charge in [-0.2, -0.15) is 5.10 Å². The van der Waals surface area contributed by atoms with Crippen LogP contribution >= 0.6 is 0 Å². The third-order valence-corrected chi connectivity index (χ3v) is 5.67. The maximum absolute atomic E-state index is 10.7. The van der Waals surface area contributed by atoms with Crippen LogP contribution in [0.1, 0.15) is 19.4 Å². The minimum Gasteiger partial charge on any atom is -0.507 e. The van der Waals surface area contributed by atoms with E-state index in [2.05, 4.69) is 39.1 Å². The standard InChI is InChI=1S/C22H25N7O/c1-12-9-29(10-13(2)24-12)19-6-5-17-18(25-19)8-23-22(26-17)16-7-15-11-28(4)27-20(15)14(3)21(16)30/h5-8,11-13,24,30H,9-10H2,1-4H3/t12-,13+. The number of anilines is 1. The zero-order valence-corrected chi connectivity index (χ0v) is 17.6. The van der Waals surface area contributed by atoms with Crippen LogP contribution in [0.2, 0.25) is 0 Å². The molecule has 154 valence electrons. The Balaban J connectivity index is 1.55. The summed E-state index contributed by atoms with van der Waals surface area (Å²) in [6, 6.07) is 6.71. The van der Waals surface area contributed by atoms with Crippen LogP contribution in [0.4, 0.5) is 5.82 Å². The molecule has 8 heteroatoms. The van der Waals surface area contributed by atoms with E-state index in [1.807, 2.05) is 38.4 Å². The molecule has 0 spiro atoms. The first-order valence-corrected chi connectivity index (χ1v) is 10.2. The van der Waals surface area contributed by atoms with E-state index in [1.54, 1.807) is 10.9 Å². The molecular formula is C22H25N7O. The molecule has 1 aliphatic heterocycles. The molecule has 30 heavy (non-hydrogen) atoms. The minimum atomic E-state index is 0.161. The number of nitrogens with one attached hydrogen (secondary N) is 1. The number of hydrogen-bond acceptors (Lipinski definition) is 7. The van der Waals surface area contributed by atoms with Crippen LogP contribution in [0.5, 0.6) is 5.75 Å². The molecule has 5 rings (SSSR count). The molecular weight excluding hydrogens is 378 g/mol. The zero-order valence-electron chi connectivity index (χ0n) is 17.6. The Hall–Kier alpha value is -3.26. The highest BCUT2D eigenvalue weighted by Crippen LogP contribution is 2.35. The van der Waals surface area contributed by atoms with Crippen LogP contribution in [0.25, 0.3) is 33.3 Å². The zero-order chi connectivity index (χ0) is 21.0. The highest BCUT2D eigenvalue weighted by molar-refractivity contribution is 5.90. The molecule has 1 fully saturated rings. The van der Waals surface area contributed by atoms with Crippen molar-refractivity contribution in [1.82, 2.24) is 30.0 Å². The number of benzene rings is 1. The van der Waals surface area contributed by atoms with Gasteiger partial charge in [0.2, 0.25) is 0 Å². The number of rotatable bonds is 2. The number of aromatic hydroxyl groups is 1. The number of hydrogen-bond donors (Lipinski definition) is 2. The number of pyridine rings is 1. The number of aryl methyl sites for hydroxylation is 2. The lowest BCUT2D eigenvalue weighted by Gasteiger charge is -2.36. The summed E-state index contributed by atoms with van der Waals surface area (Å²) < 4.78 is 1.74. The Kier molecular flexibility index (Phi) is 4.32. The maximum Gasteiger partial charge on any atom is 0.163 e. The van der Waals surface area contributed by atoms with Crippen LogP contribution in [-0.2, 0) is 7.05 Å². The van der Waals surface area contributed by atoms with Gasteiger partial charge in [0.25, 0.3) is 0 Å². The summed E-state index contributed by atoms with van der Waals surface area (Å²) in [4.78, 5) is 16.3. The largest absolute Gasteiger partial charge is 0.507 e. The van der Waals surface area contributed by atoms with E-state index in [-0.39, 0.29) is 5.75 Å². The first kappa shape index (κ1) is 18.7. The molecule has 4 heterocycles. The van der Waals surface area contributed by atoms with E-state index < -0.39 is 0 Å². The van der Waals surface area contributed by atoms with Gasteiger partial charge in [-0.1, -0.05) is 0 Å². The van der Waals surface area contributed by atoms with Gasteiger partial charge in [-0.15, -0.1) is 0 Å². The predicted octanol–water partition coefficient (Wildman–Crippen LogP) is 2.78. The average molecular weight is 403 g/mol. The summed E-state index contributed by atoms with van der Waals surface area (Å²) in [5.41, 5.74) is 3.60. The van der Waals surface area contributed by atoms with Crippen molar-refractivity contribution in [2.45, 2.75) is 32.9 Å². The summed E-state index contributed by atoms with van der Waals surface area (Å²) in [6.07, 6.45) is 3.66. The van der Waals surface area contributed by atoms with Crippen molar-refractivity contribution in [3.05, 3.63) is 36.2 Å². The maximum atomic E-state index is 10.7. The van der Waals surface area contributed by atoms with Crippen LogP contribution in [0.15, 0.2) is 30.6 Å². The molecule has 1 saturated heterocycles. The van der Waals surface area contributed by atoms with Gasteiger partial charge >= 0.3 is 0 Å². The molecule has 2 N–H and O–H groups in total. The smallest absolute Gasteiger partial charge is 0.163 e. The van der Waals surface area contributed by atoms with Crippen molar-refractivity contribution in [1.29, 1.82) is 0 Å². The topological polar surface area (TPSA) is 92.0 Å². The van der Waals surface area contributed by atoms with Crippen LogP contribution < -0.4 is 10.2 Å². The molecule has 0 unspecified atom stereocenters. The third kappa shape index (κ3) is 3.13. The summed E-state index contributed by atoms with van der Waals surface area (Å²) in [7, 11) is 1.87. The van der Waals surface area contributed by atoms with Gasteiger partial charge in [0.05, 0.1) is 22.8 Å². The molecule has 1 aromatic carbocycles. The Morgan fingerprint density at radius 3 is 2.63 bits per heavy atom. The molecule has 0 bridgehead atoms. The fraction of sp³-hybridized carbons (Fsp3) is 0.364. The number of phenolic OH excluding ortho intramolecular Hbond substituents is 1. The van der Waals surface area contributed by atoms with E-state index >= 15 is 0 Å². The lowest BCUT2D eigenvalue weighted by atomic mass is 10.1. The summed E-state index contributed by atoms with van der Waals surface area (Å²) >= 11 is 0. The molecule has 1 aliphatic rings. The van der Waals surface area contributed by atoms with Crippen molar-refractivity contribution in [2.75, 3.05) is 18.0 Å². The van der Waals surface area contributed by atoms with Gasteiger partial charge in [-0.25, -0.2) is 15.0 Å². The quantitative estimate of drug-likeness (QED) is 0.532. The van der Waals surface area contributed by atoms with Gasteiger partial charge in [0.1, 0.15) is 17.1 Å². The Morgan fingerprint density at radius 1 is 1.10 bits per heavy atom. The number of nitrogens with zero attached hydrogens (tertiary/aromatic N) is 6. The molecule has 0 saturated carbocycles. The van der Waals surface area contributed by atoms with E-state index in [0.29, 0.717) is 23.5 Å². The van der Waals surface area contributed by atoms with E-state index in [9.17, 15) is 5.11 Å². The molecule has 0 aliphatic carbocycles. The Labute approximate surface area is 174 Å². The second-order valence-electron chi connectivity index (χ2n) is 8.28. The fourth-order valence-electron chi connectivity index (χ4n) is 4.34. The van der Waals surface area contributed by atoms with Gasteiger partial charge in [0.15, 0.2) is 5.82 Å². The van der Waals surface area contributed by atoms with Crippen molar-refractivity contribution in [3.8, 4) is 17.1 Å². The molecule has 8 nitrogen and oxygen atoms in total. The first-order chi connectivity index (χ1) is 14.4. The Bertz CT molecular complexity index is 1260. The summed E-state index contributed by atoms with van der Waals surface area (Å²) in [5.74, 6) is 1.58. The summed E-state index contributed by atoms with van der Waals surface area (Å²) in [5, 5.41) is 19.6. The molecule has 3 aromatic heterocycles. The monoisotopic (exact) mass is 403 g/mol. The van der Waals surface area contributed by atoms with Crippen LogP contribution in [0.3, 0.4) is 0 Å². The first-order valence-electron chi connectivity index (χ1n) is 10.2. The number of fused-ring (bicyclic) bond motifs is 2. The van der Waals surface area contributed by atoms with Crippen molar-refractivity contribution >= 4 is 27.8 Å². The second-order valence-corrected chi connectivity index (χ2v) is 8.28. The molecule has 2 atom stereocenters. The van der Waals surface area contributed by atoms with Gasteiger partial charge in [0, 0.05) is 49.4 Å². The molecule has 0 amide bonds. The SMILES string of the molecule is Cc1c(O)c(-c2ncc3nc(N4C[C@@H](C)N[C@@H](C)C4)ccc3n2)cc2cn(C)nc12. The molecule has 0 radical (unpaired) electrons. The minimum absolute atomic E-state index is 0.161. The van der Waals surface area contributed by atoms with Crippen LogP contribution in [0, 0.1) is 6.92 Å². The Morgan fingerprint density at radius 2 is 1.87 bits per heavy atom. The van der Waals surface area contributed by atoms with E-state index in [1.165, 1.54) is 0 Å². The number of aromatic nitrogens is 5. The third-order valence-electron chi connectivity index (χ3n) is 5.67. The van der Waals surface area contributed by atoms with Crippen molar-refractivity contribution < 1.29 is 5.11 Å². The number of phenols is 1. The number of piperazine rings is 1. The van der Waals surface area contributed by atoms with Crippen LogP contribution in [-0.4, -0.2) is 55.0 Å². The van der Waals surface area contributed by atoms with Crippen molar-refractivity contribution in [2.24, 2.45) is 7.05 Å². The average Bonchev–Trinajstić information content (AvgIpc) is 3.10. The second kappa shape index (κ2) is 6.91. The van der Waals surface area contributed by atoms with Crippen molar-refractivity contribution in [3.63, 3.8) is 0 Å². The van der Waals surface area contributed by atoms with Gasteiger partial charge in [-0.05, 0) is 39.0 Å². The predicted molar refractivity (Wildman–Crippen MR) is 118 cm³/mol. The van der Waals surface area contributed by atoms with Gasteiger partial charge in [-0.3, -0.25) is 4.68 Å². The molecule has 4 aromatic rings. The lowest BCUT2D eigenvalue weighted by Crippen LogP contribution is -2.54. The van der Waals surface area contributed by atoms with E-state index in [0.717, 1.165) is 46.4 Å². The fourth-order valence-corrected chi connectivity index (χ4v) is 4.34. The highest BCUT2D eigenvalue weighted by Gasteiger charge is 2.22. The van der Waals surface area contributed by atoms with Gasteiger partial charge < -0.3 is 15.3 Å².